The fourth-order valence-electron chi connectivity index (χ4n) is 3.08. The number of amides is 2. The first-order chi connectivity index (χ1) is 15.4. The van der Waals surface area contributed by atoms with Crippen LogP contribution in [0.2, 0.25) is 0 Å². The minimum absolute atomic E-state index is 0.0665. The molecule has 1 aliphatic rings. The zero-order valence-electron chi connectivity index (χ0n) is 18.3. The second kappa shape index (κ2) is 13.3. The van der Waals surface area contributed by atoms with Crippen molar-refractivity contribution in [2.24, 2.45) is 0 Å². The van der Waals surface area contributed by atoms with Crippen LogP contribution in [0.5, 0.6) is 0 Å². The van der Waals surface area contributed by atoms with Gasteiger partial charge in [-0.3, -0.25) is 14.4 Å². The standard InChI is InChI=1S/C18H33ClN4O10/c1-8(15(28)22-9(2)17(30)31)21-16(29)10(23-19)3-5-20-6-4-18(32)14(27)13(26)12(25)11(7-24)33-18/h8-14,20,23-27,32H,3-7H2,1-2H3,(H,21,29)(H,22,28)(H,30,31). The van der Waals surface area contributed by atoms with E-state index >= 15 is 0 Å². The van der Waals surface area contributed by atoms with E-state index in [4.69, 9.17) is 21.6 Å². The highest BCUT2D eigenvalue weighted by Crippen LogP contribution is 2.30. The third kappa shape index (κ3) is 8.27. The smallest absolute Gasteiger partial charge is 0.325 e. The molecule has 192 valence electrons. The number of rotatable bonds is 13. The van der Waals surface area contributed by atoms with Crippen LogP contribution in [0.25, 0.3) is 0 Å². The van der Waals surface area contributed by atoms with E-state index in [1.807, 2.05) is 0 Å². The molecule has 1 fully saturated rings. The van der Waals surface area contributed by atoms with Gasteiger partial charge in [-0.05, 0) is 38.6 Å². The molecule has 10 N–H and O–H groups in total. The summed E-state index contributed by atoms with van der Waals surface area (Å²) in [5, 5.41) is 65.6. The lowest BCUT2D eigenvalue weighted by Gasteiger charge is -2.45. The number of ether oxygens (including phenoxy) is 1. The van der Waals surface area contributed by atoms with Crippen LogP contribution in [0, 0.1) is 0 Å². The highest BCUT2D eigenvalue weighted by molar-refractivity contribution is 6.15. The van der Waals surface area contributed by atoms with Crippen molar-refractivity contribution in [2.45, 2.75) is 75.0 Å². The van der Waals surface area contributed by atoms with Crippen LogP contribution in [0.4, 0.5) is 0 Å². The molecule has 1 aliphatic heterocycles. The van der Waals surface area contributed by atoms with Crippen LogP contribution < -0.4 is 20.8 Å². The molecule has 0 aliphatic carbocycles. The van der Waals surface area contributed by atoms with Crippen LogP contribution in [-0.4, -0.2) is 116 Å². The van der Waals surface area contributed by atoms with Crippen LogP contribution >= 0.6 is 11.8 Å². The van der Waals surface area contributed by atoms with E-state index in [9.17, 15) is 39.9 Å². The fraction of sp³-hybridized carbons (Fsp3) is 0.833. The highest BCUT2D eigenvalue weighted by atomic mass is 35.5. The van der Waals surface area contributed by atoms with Crippen molar-refractivity contribution in [1.82, 2.24) is 20.8 Å². The molecule has 8 atom stereocenters. The summed E-state index contributed by atoms with van der Waals surface area (Å²) in [5.41, 5.74) is 0. The van der Waals surface area contributed by atoms with E-state index in [0.29, 0.717) is 0 Å². The predicted molar refractivity (Wildman–Crippen MR) is 113 cm³/mol. The van der Waals surface area contributed by atoms with E-state index in [1.54, 1.807) is 0 Å². The lowest BCUT2D eigenvalue weighted by atomic mass is 9.91. The van der Waals surface area contributed by atoms with E-state index in [2.05, 4.69) is 20.8 Å². The average Bonchev–Trinajstić information content (AvgIpc) is 2.77. The molecule has 0 radical (unpaired) electrons. The quantitative estimate of drug-likeness (QED) is 0.0855. The van der Waals surface area contributed by atoms with Gasteiger partial charge in [0.05, 0.1) is 6.61 Å². The van der Waals surface area contributed by atoms with E-state index < -0.39 is 72.7 Å². The van der Waals surface area contributed by atoms with Crippen molar-refractivity contribution in [1.29, 1.82) is 0 Å². The van der Waals surface area contributed by atoms with Crippen molar-refractivity contribution in [3.8, 4) is 0 Å². The molecule has 0 aromatic carbocycles. The lowest BCUT2D eigenvalue weighted by Crippen LogP contribution is -2.65. The summed E-state index contributed by atoms with van der Waals surface area (Å²) in [7, 11) is 0. The van der Waals surface area contributed by atoms with Gasteiger partial charge in [0.15, 0.2) is 5.79 Å². The largest absolute Gasteiger partial charge is 0.480 e. The number of hydrogen-bond acceptors (Lipinski definition) is 11. The van der Waals surface area contributed by atoms with Gasteiger partial charge in [0.25, 0.3) is 0 Å². The Bertz CT molecular complexity index is 672. The van der Waals surface area contributed by atoms with Gasteiger partial charge in [-0.2, -0.15) is 0 Å². The van der Waals surface area contributed by atoms with Gasteiger partial charge in [0.2, 0.25) is 11.8 Å². The second-order valence-corrected chi connectivity index (χ2v) is 8.08. The van der Waals surface area contributed by atoms with Crippen molar-refractivity contribution in [3.05, 3.63) is 0 Å². The molecular weight excluding hydrogens is 468 g/mol. The summed E-state index contributed by atoms with van der Waals surface area (Å²) in [6.07, 6.45) is -6.43. The Morgan fingerprint density at radius 1 is 1.03 bits per heavy atom. The number of aliphatic hydroxyl groups excluding tert-OH is 4. The number of nitrogens with one attached hydrogen (secondary N) is 4. The Morgan fingerprint density at radius 2 is 1.64 bits per heavy atom. The van der Waals surface area contributed by atoms with Gasteiger partial charge < -0.3 is 51.3 Å². The maximum absolute atomic E-state index is 12.3. The first-order valence-electron chi connectivity index (χ1n) is 10.3. The summed E-state index contributed by atoms with van der Waals surface area (Å²) in [6.45, 7) is 2.26. The minimum Gasteiger partial charge on any atom is -0.480 e. The molecule has 0 aromatic heterocycles. The van der Waals surface area contributed by atoms with Gasteiger partial charge in [-0.15, -0.1) is 0 Å². The van der Waals surface area contributed by atoms with Crippen LogP contribution in [0.15, 0.2) is 0 Å². The Morgan fingerprint density at radius 3 is 2.18 bits per heavy atom. The molecule has 8 unspecified atom stereocenters. The number of hydrogen-bond donors (Lipinski definition) is 10. The summed E-state index contributed by atoms with van der Waals surface area (Å²) in [4.78, 5) is 37.3. The first kappa shape index (κ1) is 29.4. The molecule has 2 amide bonds. The van der Waals surface area contributed by atoms with Gasteiger partial charge in [0.1, 0.15) is 42.5 Å². The number of carboxylic acids is 1. The van der Waals surface area contributed by atoms with Crippen molar-refractivity contribution < 1.29 is 49.8 Å². The van der Waals surface area contributed by atoms with E-state index in [-0.39, 0.29) is 25.9 Å². The molecule has 0 bridgehead atoms. The van der Waals surface area contributed by atoms with Gasteiger partial charge in [-0.25, -0.2) is 4.84 Å². The average molecular weight is 501 g/mol. The first-order valence-corrected chi connectivity index (χ1v) is 10.7. The molecule has 0 spiro atoms. The Kier molecular flexibility index (Phi) is 11.9. The maximum atomic E-state index is 12.3. The zero-order chi connectivity index (χ0) is 25.3. The van der Waals surface area contributed by atoms with Crippen LogP contribution in [-0.2, 0) is 19.1 Å². The Balaban J connectivity index is 2.46. The highest BCUT2D eigenvalue weighted by Gasteiger charge is 2.52. The molecule has 0 aromatic rings. The molecule has 33 heavy (non-hydrogen) atoms. The fourth-order valence-corrected chi connectivity index (χ4v) is 3.29. The maximum Gasteiger partial charge on any atom is 0.325 e. The molecule has 0 saturated carbocycles. The van der Waals surface area contributed by atoms with Crippen molar-refractivity contribution in [2.75, 3.05) is 19.7 Å². The number of halogens is 1. The minimum atomic E-state index is -2.21. The summed E-state index contributed by atoms with van der Waals surface area (Å²) >= 11 is 5.60. The second-order valence-electron chi connectivity index (χ2n) is 7.86. The Hall–Kier alpha value is -1.62. The molecule has 1 saturated heterocycles. The van der Waals surface area contributed by atoms with Gasteiger partial charge >= 0.3 is 5.97 Å². The molecule has 15 heteroatoms. The predicted octanol–water partition coefficient (Wildman–Crippen LogP) is -4.28. The SMILES string of the molecule is CC(NC(=O)C(C)NC(=O)C(CCNCCC1(O)OC(CO)C(O)C(O)C1O)NCl)C(=O)O. The van der Waals surface area contributed by atoms with Gasteiger partial charge in [-0.1, -0.05) is 0 Å². The number of aliphatic carboxylic acids is 1. The third-order valence-electron chi connectivity index (χ3n) is 5.25. The number of aliphatic hydroxyl groups is 5. The number of carboxylic acid groups (broad SMARTS) is 1. The van der Waals surface area contributed by atoms with Crippen molar-refractivity contribution >= 4 is 29.6 Å². The van der Waals surface area contributed by atoms with E-state index in [0.717, 1.165) is 0 Å². The molecule has 14 nitrogen and oxygen atoms in total. The molecule has 1 heterocycles. The van der Waals surface area contributed by atoms with Crippen molar-refractivity contribution in [3.63, 3.8) is 0 Å². The van der Waals surface area contributed by atoms with E-state index in [1.165, 1.54) is 13.8 Å². The lowest BCUT2D eigenvalue weighted by molar-refractivity contribution is -0.350. The normalized spacial score (nSPS) is 30.2. The number of carbonyl (C=O) groups is 3. The van der Waals surface area contributed by atoms with Gasteiger partial charge in [0, 0.05) is 13.0 Å². The summed E-state index contributed by atoms with van der Waals surface area (Å²) in [5.74, 6) is -4.72. The zero-order valence-corrected chi connectivity index (χ0v) is 19.0. The van der Waals surface area contributed by atoms with Crippen LogP contribution in [0.1, 0.15) is 26.7 Å². The Labute approximate surface area is 195 Å². The van der Waals surface area contributed by atoms with Crippen LogP contribution in [0.3, 0.4) is 0 Å². The molecule has 1 rings (SSSR count). The number of carbonyl (C=O) groups excluding carboxylic acids is 2. The monoisotopic (exact) mass is 500 g/mol. The topological polar surface area (TPSA) is 230 Å². The molecular formula is C18H33ClN4O10. The summed E-state index contributed by atoms with van der Waals surface area (Å²) in [6, 6.07) is -3.05. The third-order valence-corrected chi connectivity index (χ3v) is 5.51. The summed E-state index contributed by atoms with van der Waals surface area (Å²) < 4.78 is 5.15.